The Labute approximate surface area is 227 Å². The summed E-state index contributed by atoms with van der Waals surface area (Å²) in [6.45, 7) is 2.73. The number of halogens is 3. The second kappa shape index (κ2) is 11.2. The number of para-hydroxylation sites is 1. The highest BCUT2D eigenvalue weighted by Crippen LogP contribution is 2.33. The van der Waals surface area contributed by atoms with Crippen LogP contribution < -0.4 is 21.3 Å². The zero-order valence-corrected chi connectivity index (χ0v) is 21.4. The largest absolute Gasteiger partial charge is 0.378 e. The van der Waals surface area contributed by atoms with Gasteiger partial charge in [0.15, 0.2) is 11.6 Å². The van der Waals surface area contributed by atoms with Gasteiger partial charge in [-0.05, 0) is 36.8 Å². The predicted octanol–water partition coefficient (Wildman–Crippen LogP) is 4.16. The lowest BCUT2D eigenvalue weighted by Gasteiger charge is -2.31. The van der Waals surface area contributed by atoms with Crippen molar-refractivity contribution in [3.63, 3.8) is 0 Å². The predicted molar refractivity (Wildman–Crippen MR) is 144 cm³/mol. The van der Waals surface area contributed by atoms with Crippen LogP contribution in [0.25, 0.3) is 10.9 Å². The van der Waals surface area contributed by atoms with Crippen molar-refractivity contribution in [3.05, 3.63) is 88.5 Å². The number of amides is 2. The van der Waals surface area contributed by atoms with E-state index in [1.165, 1.54) is 18.2 Å². The Morgan fingerprint density at radius 3 is 2.52 bits per heavy atom. The van der Waals surface area contributed by atoms with Gasteiger partial charge in [0.2, 0.25) is 0 Å². The van der Waals surface area contributed by atoms with Gasteiger partial charge in [-0.15, -0.1) is 0 Å². The van der Waals surface area contributed by atoms with Gasteiger partial charge in [0.25, 0.3) is 11.8 Å². The molecular formula is C28H25F3N6O3. The molecule has 4 N–H and O–H groups in total. The Hall–Kier alpha value is -4.71. The molecule has 0 spiro atoms. The van der Waals surface area contributed by atoms with Crippen molar-refractivity contribution in [2.24, 2.45) is 5.73 Å². The Kier molecular flexibility index (Phi) is 7.52. The van der Waals surface area contributed by atoms with Crippen LogP contribution in [-0.4, -0.2) is 48.1 Å². The zero-order chi connectivity index (χ0) is 28.4. The monoisotopic (exact) mass is 550 g/mol. The molecule has 1 aromatic heterocycles. The topological polar surface area (TPSA) is 122 Å². The fraction of sp³-hybridized carbons (Fsp3) is 0.214. The van der Waals surface area contributed by atoms with Gasteiger partial charge in [-0.25, -0.2) is 23.1 Å². The van der Waals surface area contributed by atoms with Gasteiger partial charge in [0, 0.05) is 36.3 Å². The van der Waals surface area contributed by atoms with Gasteiger partial charge in [-0.2, -0.15) is 0 Å². The minimum Gasteiger partial charge on any atom is -0.378 e. The van der Waals surface area contributed by atoms with Crippen molar-refractivity contribution in [1.82, 2.24) is 9.97 Å². The Balaban J connectivity index is 1.35. The summed E-state index contributed by atoms with van der Waals surface area (Å²) < 4.78 is 50.5. The SMILES string of the molecule is Cc1c(F)c(C(=O)Nc2cccc(CNc3ncnc4c(C(N)=O)cccc34)c2)c(F)c(F)c1N1CCOCC1. The van der Waals surface area contributed by atoms with Crippen LogP contribution in [0.2, 0.25) is 0 Å². The molecule has 1 fully saturated rings. The van der Waals surface area contributed by atoms with Gasteiger partial charge < -0.3 is 26.0 Å². The molecule has 2 heterocycles. The van der Waals surface area contributed by atoms with Crippen LogP contribution in [0.15, 0.2) is 48.8 Å². The van der Waals surface area contributed by atoms with Crippen LogP contribution in [0.4, 0.5) is 30.4 Å². The highest BCUT2D eigenvalue weighted by Gasteiger charge is 2.30. The summed E-state index contributed by atoms with van der Waals surface area (Å²) in [5.41, 5.74) is 5.70. The molecule has 0 saturated carbocycles. The Morgan fingerprint density at radius 1 is 1.02 bits per heavy atom. The lowest BCUT2D eigenvalue weighted by atomic mass is 10.0. The Bertz CT molecular complexity index is 1600. The first kappa shape index (κ1) is 26.9. The van der Waals surface area contributed by atoms with E-state index in [2.05, 4.69) is 20.6 Å². The summed E-state index contributed by atoms with van der Waals surface area (Å²) in [5.74, 6) is -5.22. The van der Waals surface area contributed by atoms with Crippen LogP contribution in [0, 0.1) is 24.4 Å². The molecule has 3 aromatic carbocycles. The maximum Gasteiger partial charge on any atom is 0.261 e. The molecule has 12 heteroatoms. The molecular weight excluding hydrogens is 525 g/mol. The van der Waals surface area contributed by atoms with E-state index in [0.717, 1.165) is 0 Å². The minimum absolute atomic E-state index is 0.152. The number of nitrogens with two attached hydrogens (primary N) is 1. The van der Waals surface area contributed by atoms with Crippen LogP contribution >= 0.6 is 0 Å². The summed E-state index contributed by atoms with van der Waals surface area (Å²) in [6.07, 6.45) is 1.31. The van der Waals surface area contributed by atoms with E-state index in [-0.39, 0.29) is 42.1 Å². The standard InChI is InChI=1S/C28H25F3N6O3/c1-15-21(29)20(22(30)23(31)25(15)37-8-10-40-11-9-37)28(39)36-17-5-2-4-16(12-17)13-33-27-19-7-3-6-18(26(32)38)24(19)34-14-35-27/h2-7,12,14H,8-11,13H2,1H3,(H2,32,38)(H,36,39)(H,33,34,35). The maximum absolute atomic E-state index is 15.2. The molecule has 1 aliphatic rings. The molecule has 5 rings (SSSR count). The minimum atomic E-state index is -1.55. The molecule has 0 radical (unpaired) electrons. The van der Waals surface area contributed by atoms with Crippen LogP contribution in [0.1, 0.15) is 31.8 Å². The van der Waals surface area contributed by atoms with Crippen molar-refractivity contribution >= 4 is 39.9 Å². The first-order valence-corrected chi connectivity index (χ1v) is 12.4. The number of carbonyl (C=O) groups is 2. The summed E-state index contributed by atoms with van der Waals surface area (Å²) in [4.78, 5) is 34.5. The number of nitrogens with zero attached hydrogens (tertiary/aromatic N) is 3. The lowest BCUT2D eigenvalue weighted by molar-refractivity contribution is 0.0997. The number of fused-ring (bicyclic) bond motifs is 1. The van der Waals surface area contributed by atoms with Crippen LogP contribution in [0.5, 0.6) is 0 Å². The van der Waals surface area contributed by atoms with Crippen molar-refractivity contribution < 1.29 is 27.5 Å². The average molecular weight is 551 g/mol. The molecule has 2 amide bonds. The molecule has 1 saturated heterocycles. The first-order valence-electron chi connectivity index (χ1n) is 12.4. The van der Waals surface area contributed by atoms with Gasteiger partial charge in [-0.1, -0.05) is 18.2 Å². The molecule has 0 bridgehead atoms. The van der Waals surface area contributed by atoms with Gasteiger partial charge in [0.05, 0.1) is 30.0 Å². The van der Waals surface area contributed by atoms with Crippen molar-refractivity contribution in [1.29, 1.82) is 0 Å². The number of hydrogen-bond acceptors (Lipinski definition) is 7. The third kappa shape index (κ3) is 5.13. The number of benzene rings is 3. The van der Waals surface area contributed by atoms with Crippen molar-refractivity contribution in [3.8, 4) is 0 Å². The number of morpholine rings is 1. The molecule has 0 aliphatic carbocycles. The molecule has 1 aliphatic heterocycles. The van der Waals surface area contributed by atoms with E-state index < -0.39 is 34.8 Å². The first-order chi connectivity index (χ1) is 19.3. The smallest absolute Gasteiger partial charge is 0.261 e. The van der Waals surface area contributed by atoms with Crippen molar-refractivity contribution in [2.75, 3.05) is 41.8 Å². The third-order valence-corrected chi connectivity index (χ3v) is 6.65. The van der Waals surface area contributed by atoms with E-state index in [1.807, 2.05) is 0 Å². The van der Waals surface area contributed by atoms with Gasteiger partial charge in [0.1, 0.15) is 23.5 Å². The quantitative estimate of drug-likeness (QED) is 0.296. The molecule has 4 aromatic rings. The number of primary amides is 1. The fourth-order valence-corrected chi connectivity index (χ4v) is 4.69. The van der Waals surface area contributed by atoms with Gasteiger partial charge >= 0.3 is 0 Å². The molecule has 9 nitrogen and oxygen atoms in total. The maximum atomic E-state index is 15.2. The average Bonchev–Trinajstić information content (AvgIpc) is 2.95. The fourth-order valence-electron chi connectivity index (χ4n) is 4.69. The molecule has 206 valence electrons. The molecule has 40 heavy (non-hydrogen) atoms. The van der Waals surface area contributed by atoms with Crippen molar-refractivity contribution in [2.45, 2.75) is 13.5 Å². The number of nitrogens with one attached hydrogen (secondary N) is 2. The molecule has 0 atom stereocenters. The summed E-state index contributed by atoms with van der Waals surface area (Å²) in [7, 11) is 0. The normalized spacial score (nSPS) is 13.3. The van der Waals surface area contributed by atoms with E-state index in [0.29, 0.717) is 35.5 Å². The van der Waals surface area contributed by atoms with E-state index in [9.17, 15) is 9.59 Å². The lowest BCUT2D eigenvalue weighted by Crippen LogP contribution is -2.38. The van der Waals surface area contributed by atoms with Crippen LogP contribution in [-0.2, 0) is 11.3 Å². The van der Waals surface area contributed by atoms with Gasteiger partial charge in [-0.3, -0.25) is 9.59 Å². The summed E-state index contributed by atoms with van der Waals surface area (Å²) >= 11 is 0. The molecule has 0 unspecified atom stereocenters. The highest BCUT2D eigenvalue weighted by atomic mass is 19.2. The summed E-state index contributed by atoms with van der Waals surface area (Å²) in [5, 5.41) is 6.20. The van der Waals surface area contributed by atoms with E-state index in [1.54, 1.807) is 42.5 Å². The number of anilines is 3. The van der Waals surface area contributed by atoms with E-state index >= 15 is 13.2 Å². The number of carbonyl (C=O) groups excluding carboxylic acids is 2. The second-order valence-electron chi connectivity index (χ2n) is 9.19. The van der Waals surface area contributed by atoms with Crippen LogP contribution in [0.3, 0.4) is 0 Å². The summed E-state index contributed by atoms with van der Waals surface area (Å²) in [6, 6.07) is 11.5. The Morgan fingerprint density at radius 2 is 1.77 bits per heavy atom. The number of rotatable bonds is 7. The highest BCUT2D eigenvalue weighted by molar-refractivity contribution is 6.07. The number of hydrogen-bond donors (Lipinski definition) is 3. The second-order valence-corrected chi connectivity index (χ2v) is 9.19. The zero-order valence-electron chi connectivity index (χ0n) is 21.4. The third-order valence-electron chi connectivity index (χ3n) is 6.65. The number of aromatic nitrogens is 2. The van der Waals surface area contributed by atoms with E-state index in [4.69, 9.17) is 10.5 Å². The number of ether oxygens (including phenoxy) is 1.